The zero-order valence-corrected chi connectivity index (χ0v) is 6.28. The number of nitrogens with two attached hydrogens (primary N) is 2. The van der Waals surface area contributed by atoms with Crippen molar-refractivity contribution < 1.29 is 0 Å². The molecule has 0 fully saturated rings. The van der Waals surface area contributed by atoms with Crippen molar-refractivity contribution in [1.29, 1.82) is 0 Å². The molecule has 0 amide bonds. The highest BCUT2D eigenvalue weighted by molar-refractivity contribution is 5.75. The normalized spacial score (nSPS) is 12.5. The Kier molecular flexibility index (Phi) is 2.10. The van der Waals surface area contributed by atoms with Gasteiger partial charge in [-0.25, -0.2) is 9.98 Å². The lowest BCUT2D eigenvalue weighted by atomic mass is 10.3. The Balaban J connectivity index is 2.71. The second-order valence-electron chi connectivity index (χ2n) is 2.20. The Morgan fingerprint density at radius 2 is 2.45 bits per heavy atom. The molecule has 5 nitrogen and oxygen atoms in total. The highest BCUT2D eigenvalue weighted by Crippen LogP contribution is 2.09. The molecule has 1 unspecified atom stereocenters. The molecule has 1 aromatic heterocycles. The molecule has 11 heavy (non-hydrogen) atoms. The fourth-order valence-corrected chi connectivity index (χ4v) is 0.791. The molecule has 1 atom stereocenters. The van der Waals surface area contributed by atoms with E-state index in [2.05, 4.69) is 15.0 Å². The Morgan fingerprint density at radius 1 is 1.73 bits per heavy atom. The second-order valence-corrected chi connectivity index (χ2v) is 2.20. The molecule has 0 aliphatic rings. The van der Waals surface area contributed by atoms with Crippen LogP contribution in [0.2, 0.25) is 0 Å². The molecule has 60 valence electrons. The van der Waals surface area contributed by atoms with Crippen LogP contribution in [-0.2, 0) is 0 Å². The molecule has 0 aliphatic heterocycles. The monoisotopic (exact) mass is 153 g/mol. The third-order valence-corrected chi connectivity index (χ3v) is 1.26. The fourth-order valence-electron chi connectivity index (χ4n) is 0.791. The van der Waals surface area contributed by atoms with Crippen LogP contribution in [0.5, 0.6) is 0 Å². The summed E-state index contributed by atoms with van der Waals surface area (Å²) in [5.41, 5.74) is 10.4. The molecule has 5 N–H and O–H groups in total. The summed E-state index contributed by atoms with van der Waals surface area (Å²) in [6.45, 7) is 1.86. The molecule has 0 radical (unpaired) electrons. The van der Waals surface area contributed by atoms with Gasteiger partial charge in [0.2, 0.25) is 0 Å². The average molecular weight is 153 g/mol. The Bertz CT molecular complexity index is 233. The first-order chi connectivity index (χ1) is 5.20. The maximum absolute atomic E-state index is 5.19. The molecule has 1 rings (SSSR count). The minimum Gasteiger partial charge on any atom is -0.370 e. The lowest BCUT2D eigenvalue weighted by Gasteiger charge is -2.01. The number of rotatable bonds is 2. The van der Waals surface area contributed by atoms with Gasteiger partial charge in [-0.2, -0.15) is 0 Å². The summed E-state index contributed by atoms with van der Waals surface area (Å²) in [5.74, 6) is 0.840. The number of nitrogens with zero attached hydrogens (tertiary/aromatic N) is 2. The van der Waals surface area contributed by atoms with Crippen LogP contribution in [0, 0.1) is 0 Å². The van der Waals surface area contributed by atoms with E-state index in [1.807, 2.05) is 6.92 Å². The van der Waals surface area contributed by atoms with Crippen LogP contribution in [0.15, 0.2) is 17.4 Å². The van der Waals surface area contributed by atoms with Gasteiger partial charge in [-0.05, 0) is 6.92 Å². The number of aromatic nitrogens is 2. The fraction of sp³-hybridized carbons (Fsp3) is 0.333. The van der Waals surface area contributed by atoms with Gasteiger partial charge in [0.1, 0.15) is 11.9 Å². The summed E-state index contributed by atoms with van der Waals surface area (Å²) in [4.78, 5) is 10.8. The first-order valence-corrected chi connectivity index (χ1v) is 3.28. The molecule has 0 aliphatic carbocycles. The average Bonchev–Trinajstić information content (AvgIpc) is 2.35. The lowest BCUT2D eigenvalue weighted by molar-refractivity contribution is 0.755. The highest BCUT2D eigenvalue weighted by atomic mass is 15.0. The van der Waals surface area contributed by atoms with Crippen molar-refractivity contribution in [3.8, 4) is 0 Å². The van der Waals surface area contributed by atoms with Crippen molar-refractivity contribution in [2.45, 2.75) is 13.0 Å². The highest BCUT2D eigenvalue weighted by Gasteiger charge is 2.04. The first-order valence-electron chi connectivity index (χ1n) is 3.28. The number of H-pyrrole nitrogens is 1. The van der Waals surface area contributed by atoms with Crippen molar-refractivity contribution in [1.82, 2.24) is 9.97 Å². The zero-order chi connectivity index (χ0) is 8.27. The summed E-state index contributed by atoms with van der Waals surface area (Å²) in [6, 6.07) is -0.102. The van der Waals surface area contributed by atoms with Gasteiger partial charge >= 0.3 is 0 Å². The quantitative estimate of drug-likeness (QED) is 0.404. The van der Waals surface area contributed by atoms with E-state index >= 15 is 0 Å². The van der Waals surface area contributed by atoms with Crippen LogP contribution in [0.25, 0.3) is 0 Å². The van der Waals surface area contributed by atoms with E-state index < -0.39 is 0 Å². The number of aromatic amines is 1. The van der Waals surface area contributed by atoms with Gasteiger partial charge in [-0.15, -0.1) is 0 Å². The number of aliphatic imine (C=N–C) groups is 1. The molecular formula is C6H11N5. The number of nitrogens with one attached hydrogen (secondary N) is 1. The lowest BCUT2D eigenvalue weighted by Crippen LogP contribution is -2.23. The largest absolute Gasteiger partial charge is 0.370 e. The minimum absolute atomic E-state index is 0.0777. The molecule has 0 bridgehead atoms. The van der Waals surface area contributed by atoms with Gasteiger partial charge in [0, 0.05) is 12.4 Å². The predicted octanol–water partition coefficient (Wildman–Crippen LogP) is -0.256. The van der Waals surface area contributed by atoms with Crippen LogP contribution < -0.4 is 11.5 Å². The molecule has 0 spiro atoms. The van der Waals surface area contributed by atoms with E-state index in [1.54, 1.807) is 12.4 Å². The summed E-state index contributed by atoms with van der Waals surface area (Å²) in [7, 11) is 0. The Morgan fingerprint density at radius 3 is 2.91 bits per heavy atom. The third-order valence-electron chi connectivity index (χ3n) is 1.26. The number of guanidine groups is 1. The molecule has 1 aromatic rings. The predicted molar refractivity (Wildman–Crippen MR) is 42.8 cm³/mol. The van der Waals surface area contributed by atoms with Crippen LogP contribution in [0.1, 0.15) is 18.8 Å². The van der Waals surface area contributed by atoms with Crippen LogP contribution in [0.4, 0.5) is 0 Å². The van der Waals surface area contributed by atoms with Crippen molar-refractivity contribution >= 4 is 5.96 Å². The third kappa shape index (κ3) is 1.96. The van der Waals surface area contributed by atoms with Gasteiger partial charge in [0.25, 0.3) is 0 Å². The molecule has 0 aromatic carbocycles. The first kappa shape index (κ1) is 7.59. The SMILES string of the molecule is CC(N=C(N)N)c1ncc[nH]1. The topological polar surface area (TPSA) is 93.1 Å². The van der Waals surface area contributed by atoms with E-state index in [9.17, 15) is 0 Å². The van der Waals surface area contributed by atoms with Crippen molar-refractivity contribution in [3.05, 3.63) is 18.2 Å². The zero-order valence-electron chi connectivity index (χ0n) is 6.28. The standard InChI is InChI=1S/C6H11N5/c1-4(11-6(7)8)5-9-2-3-10-5/h2-4H,1H3,(H,9,10)(H4,7,8,11). The molecular weight excluding hydrogens is 142 g/mol. The van der Waals surface area contributed by atoms with Crippen molar-refractivity contribution in [3.63, 3.8) is 0 Å². The van der Waals surface area contributed by atoms with Crippen LogP contribution in [-0.4, -0.2) is 15.9 Å². The van der Waals surface area contributed by atoms with E-state index in [-0.39, 0.29) is 12.0 Å². The van der Waals surface area contributed by atoms with Gasteiger partial charge in [0.05, 0.1) is 0 Å². The van der Waals surface area contributed by atoms with Crippen molar-refractivity contribution in [2.75, 3.05) is 0 Å². The number of hydrogen-bond donors (Lipinski definition) is 3. The second kappa shape index (κ2) is 3.05. The summed E-state index contributed by atoms with van der Waals surface area (Å²) < 4.78 is 0. The van der Waals surface area contributed by atoms with Crippen LogP contribution >= 0.6 is 0 Å². The maximum Gasteiger partial charge on any atom is 0.186 e. The molecule has 0 saturated heterocycles. The minimum atomic E-state index is -0.102. The van der Waals surface area contributed by atoms with E-state index in [0.717, 1.165) is 5.82 Å². The molecule has 5 heteroatoms. The van der Waals surface area contributed by atoms with Gasteiger partial charge in [0.15, 0.2) is 5.96 Å². The van der Waals surface area contributed by atoms with Crippen molar-refractivity contribution in [2.24, 2.45) is 16.5 Å². The van der Waals surface area contributed by atoms with E-state index in [4.69, 9.17) is 11.5 Å². The summed E-state index contributed by atoms with van der Waals surface area (Å²) in [6.07, 6.45) is 3.39. The summed E-state index contributed by atoms with van der Waals surface area (Å²) >= 11 is 0. The maximum atomic E-state index is 5.19. The van der Waals surface area contributed by atoms with Crippen LogP contribution in [0.3, 0.4) is 0 Å². The summed E-state index contributed by atoms with van der Waals surface area (Å²) in [5, 5.41) is 0. The smallest absolute Gasteiger partial charge is 0.186 e. The Hall–Kier alpha value is -1.52. The van der Waals surface area contributed by atoms with Gasteiger partial charge in [-0.1, -0.05) is 0 Å². The Labute approximate surface area is 64.5 Å². The molecule has 1 heterocycles. The van der Waals surface area contributed by atoms with E-state index in [0.29, 0.717) is 0 Å². The molecule has 0 saturated carbocycles. The van der Waals surface area contributed by atoms with Gasteiger partial charge < -0.3 is 16.5 Å². The van der Waals surface area contributed by atoms with Gasteiger partial charge in [-0.3, -0.25) is 0 Å². The van der Waals surface area contributed by atoms with E-state index in [1.165, 1.54) is 0 Å². The number of imidazole rings is 1. The number of hydrogen-bond acceptors (Lipinski definition) is 2.